The molecule has 1 fully saturated rings. The molecule has 4 N–H and O–H groups in total. The smallest absolute Gasteiger partial charge is 0.317 e. The highest BCUT2D eigenvalue weighted by molar-refractivity contribution is 5.77. The second-order valence-electron chi connectivity index (χ2n) is 5.18. The van der Waals surface area contributed by atoms with Crippen LogP contribution in [0, 0.1) is 5.41 Å². The van der Waals surface area contributed by atoms with Gasteiger partial charge in [-0.1, -0.05) is 6.92 Å². The normalized spacial score (nSPS) is 17.3. The molecule has 0 bridgehead atoms. The molecule has 21 heavy (non-hydrogen) atoms. The third kappa shape index (κ3) is 4.89. The van der Waals surface area contributed by atoms with Gasteiger partial charge in [0.1, 0.15) is 6.61 Å². The van der Waals surface area contributed by atoms with Gasteiger partial charge in [0.15, 0.2) is 0 Å². The van der Waals surface area contributed by atoms with Crippen LogP contribution in [-0.2, 0) is 14.3 Å². The first-order valence-corrected chi connectivity index (χ1v) is 7.03. The maximum absolute atomic E-state index is 11.9. The lowest BCUT2D eigenvalue weighted by Gasteiger charge is -2.38. The molecule has 0 radical (unpaired) electrons. The number of urea groups is 1. The minimum Gasteiger partial charge on any atom is -0.481 e. The topological polar surface area (TPSA) is 122 Å². The number of nitrogens with one attached hydrogen (secondary N) is 1. The van der Waals surface area contributed by atoms with Gasteiger partial charge in [0.05, 0.1) is 12.0 Å². The van der Waals surface area contributed by atoms with Crippen molar-refractivity contribution in [2.24, 2.45) is 11.1 Å². The lowest BCUT2D eigenvalue weighted by molar-refractivity contribution is -0.152. The van der Waals surface area contributed by atoms with Crippen LogP contribution in [0.1, 0.15) is 26.2 Å². The number of hydrogen-bond acceptors (Lipinski definition) is 4. The Morgan fingerprint density at radius 1 is 1.33 bits per heavy atom. The van der Waals surface area contributed by atoms with Crippen molar-refractivity contribution in [3.05, 3.63) is 0 Å². The molecule has 0 atom stereocenters. The largest absolute Gasteiger partial charge is 0.481 e. The molecule has 8 heteroatoms. The molecule has 1 rings (SSSR count). The predicted octanol–water partition coefficient (Wildman–Crippen LogP) is -0.225. The van der Waals surface area contributed by atoms with Crippen LogP contribution >= 0.6 is 0 Å². The van der Waals surface area contributed by atoms with E-state index in [2.05, 4.69) is 5.32 Å². The summed E-state index contributed by atoms with van der Waals surface area (Å²) in [5.74, 6) is -1.34. The third-order valence-electron chi connectivity index (χ3n) is 3.91. The Bertz CT molecular complexity index is 391. The molecular weight excluding hydrogens is 278 g/mol. The van der Waals surface area contributed by atoms with E-state index in [9.17, 15) is 19.5 Å². The minimum absolute atomic E-state index is 0.169. The molecule has 8 nitrogen and oxygen atoms in total. The zero-order valence-corrected chi connectivity index (χ0v) is 12.3. The van der Waals surface area contributed by atoms with Crippen molar-refractivity contribution in [2.45, 2.75) is 26.2 Å². The van der Waals surface area contributed by atoms with E-state index in [-0.39, 0.29) is 25.8 Å². The molecule has 0 aromatic rings. The molecule has 1 aliphatic heterocycles. The van der Waals surface area contributed by atoms with E-state index >= 15 is 0 Å². The van der Waals surface area contributed by atoms with Gasteiger partial charge in [-0.25, -0.2) is 4.79 Å². The summed E-state index contributed by atoms with van der Waals surface area (Å²) in [6.45, 7) is 3.02. The van der Waals surface area contributed by atoms with Gasteiger partial charge in [-0.2, -0.15) is 0 Å². The summed E-state index contributed by atoms with van der Waals surface area (Å²) in [6.07, 6.45) is 1.49. The Morgan fingerprint density at radius 3 is 2.43 bits per heavy atom. The minimum atomic E-state index is -0.787. The van der Waals surface area contributed by atoms with Crippen LogP contribution in [0.3, 0.4) is 0 Å². The highest BCUT2D eigenvalue weighted by Gasteiger charge is 2.40. The van der Waals surface area contributed by atoms with Gasteiger partial charge in [0, 0.05) is 19.6 Å². The van der Waals surface area contributed by atoms with E-state index in [1.165, 1.54) is 0 Å². The number of carboxylic acids is 1. The van der Waals surface area contributed by atoms with E-state index in [1.54, 1.807) is 4.90 Å². The fourth-order valence-corrected chi connectivity index (χ4v) is 2.37. The standard InChI is InChI=1S/C13H23N3O5/c1-2-13(11(18)19)3-6-16(7-4-13)12(20)15-5-8-21-9-10(14)17/h2-9H2,1H3,(H2,14,17)(H,15,20)(H,18,19). The lowest BCUT2D eigenvalue weighted by Crippen LogP contribution is -2.49. The first kappa shape index (κ1) is 17.2. The number of hydrogen-bond donors (Lipinski definition) is 3. The molecule has 0 saturated carbocycles. The van der Waals surface area contributed by atoms with Gasteiger partial charge in [-0.05, 0) is 19.3 Å². The second kappa shape index (κ2) is 7.82. The van der Waals surface area contributed by atoms with Crippen LogP contribution in [-0.4, -0.2) is 60.8 Å². The Labute approximate surface area is 123 Å². The predicted molar refractivity (Wildman–Crippen MR) is 74.6 cm³/mol. The van der Waals surface area contributed by atoms with Gasteiger partial charge in [0.2, 0.25) is 5.91 Å². The number of likely N-dealkylation sites (tertiary alicyclic amines) is 1. The number of amides is 3. The van der Waals surface area contributed by atoms with Gasteiger partial charge >= 0.3 is 12.0 Å². The van der Waals surface area contributed by atoms with Crippen molar-refractivity contribution in [3.8, 4) is 0 Å². The molecule has 0 aliphatic carbocycles. The summed E-state index contributed by atoms with van der Waals surface area (Å²) in [5.41, 5.74) is 4.20. The van der Waals surface area contributed by atoms with Crippen molar-refractivity contribution in [1.82, 2.24) is 10.2 Å². The van der Waals surface area contributed by atoms with Crippen LogP contribution in [0.2, 0.25) is 0 Å². The summed E-state index contributed by atoms with van der Waals surface area (Å²) >= 11 is 0. The zero-order chi connectivity index (χ0) is 15.9. The Kier molecular flexibility index (Phi) is 6.41. The quantitative estimate of drug-likeness (QED) is 0.561. The van der Waals surface area contributed by atoms with E-state index in [0.717, 1.165) is 0 Å². The van der Waals surface area contributed by atoms with Crippen molar-refractivity contribution >= 4 is 17.9 Å². The van der Waals surface area contributed by atoms with Crippen LogP contribution in [0.25, 0.3) is 0 Å². The van der Waals surface area contributed by atoms with Gasteiger partial charge in [0.25, 0.3) is 0 Å². The van der Waals surface area contributed by atoms with Gasteiger partial charge < -0.3 is 25.8 Å². The van der Waals surface area contributed by atoms with E-state index < -0.39 is 17.3 Å². The van der Waals surface area contributed by atoms with E-state index in [0.29, 0.717) is 32.4 Å². The number of piperidine rings is 1. The fraction of sp³-hybridized carbons (Fsp3) is 0.769. The first-order chi connectivity index (χ1) is 9.91. The van der Waals surface area contributed by atoms with Crippen LogP contribution in [0.15, 0.2) is 0 Å². The third-order valence-corrected chi connectivity index (χ3v) is 3.91. The van der Waals surface area contributed by atoms with Crippen LogP contribution in [0.4, 0.5) is 4.79 Å². The number of aliphatic carboxylic acids is 1. The number of carbonyl (C=O) groups is 3. The van der Waals surface area contributed by atoms with Crippen molar-refractivity contribution in [2.75, 3.05) is 32.8 Å². The molecule has 1 heterocycles. The summed E-state index contributed by atoms with van der Waals surface area (Å²) in [7, 11) is 0. The number of carboxylic acid groups (broad SMARTS) is 1. The highest BCUT2D eigenvalue weighted by atomic mass is 16.5. The van der Waals surface area contributed by atoms with Gasteiger partial charge in [-0.15, -0.1) is 0 Å². The Hall–Kier alpha value is -1.83. The molecule has 120 valence electrons. The number of nitrogens with zero attached hydrogens (tertiary/aromatic N) is 1. The Balaban J connectivity index is 2.29. The summed E-state index contributed by atoms with van der Waals surface area (Å²) < 4.78 is 4.93. The molecular formula is C13H23N3O5. The van der Waals surface area contributed by atoms with E-state index in [4.69, 9.17) is 10.5 Å². The number of rotatable bonds is 7. The average Bonchev–Trinajstić information content (AvgIpc) is 2.46. The Morgan fingerprint density at radius 2 is 1.95 bits per heavy atom. The maximum atomic E-state index is 11.9. The molecule has 0 aromatic carbocycles. The number of nitrogens with two attached hydrogens (primary N) is 1. The fourth-order valence-electron chi connectivity index (χ4n) is 2.37. The monoisotopic (exact) mass is 301 g/mol. The molecule has 1 aliphatic rings. The molecule has 0 aromatic heterocycles. The van der Waals surface area contributed by atoms with Crippen LogP contribution < -0.4 is 11.1 Å². The van der Waals surface area contributed by atoms with E-state index in [1.807, 2.05) is 6.92 Å². The average molecular weight is 301 g/mol. The lowest BCUT2D eigenvalue weighted by atomic mass is 9.76. The number of primary amides is 1. The summed E-state index contributed by atoms with van der Waals surface area (Å²) in [4.78, 5) is 35.2. The van der Waals surface area contributed by atoms with Crippen molar-refractivity contribution < 1.29 is 24.2 Å². The second-order valence-corrected chi connectivity index (χ2v) is 5.18. The SMILES string of the molecule is CCC1(C(=O)O)CCN(C(=O)NCCOCC(N)=O)CC1. The van der Waals surface area contributed by atoms with Crippen molar-refractivity contribution in [3.63, 3.8) is 0 Å². The molecule has 0 unspecified atom stereocenters. The van der Waals surface area contributed by atoms with Crippen LogP contribution in [0.5, 0.6) is 0 Å². The molecule has 0 spiro atoms. The zero-order valence-electron chi connectivity index (χ0n) is 12.3. The first-order valence-electron chi connectivity index (χ1n) is 7.03. The van der Waals surface area contributed by atoms with Gasteiger partial charge in [-0.3, -0.25) is 9.59 Å². The maximum Gasteiger partial charge on any atom is 0.317 e. The van der Waals surface area contributed by atoms with Crippen molar-refractivity contribution in [1.29, 1.82) is 0 Å². The molecule has 1 saturated heterocycles. The number of carbonyl (C=O) groups excluding carboxylic acids is 2. The molecule has 3 amide bonds. The summed E-state index contributed by atoms with van der Waals surface area (Å²) in [5, 5.41) is 11.9. The number of ether oxygens (including phenoxy) is 1. The summed E-state index contributed by atoms with van der Waals surface area (Å²) in [6, 6.07) is -0.243. The highest BCUT2D eigenvalue weighted by Crippen LogP contribution is 2.35.